The van der Waals surface area contributed by atoms with Crippen molar-refractivity contribution < 1.29 is 19.1 Å². The third-order valence-electron chi connectivity index (χ3n) is 7.32. The third kappa shape index (κ3) is 4.62. The van der Waals surface area contributed by atoms with Crippen molar-refractivity contribution in [1.82, 2.24) is 20.5 Å². The number of hydrogen-bond acceptors (Lipinski definition) is 4. The molecule has 2 aliphatic rings. The Balaban J connectivity index is 1.47. The van der Waals surface area contributed by atoms with E-state index < -0.39 is 12.1 Å². The minimum atomic E-state index is -0.729. The number of H-pyrrole nitrogens is 1. The van der Waals surface area contributed by atoms with E-state index >= 15 is 0 Å². The Kier molecular flexibility index (Phi) is 7.02. The molecule has 1 unspecified atom stereocenters. The van der Waals surface area contributed by atoms with Gasteiger partial charge in [0.25, 0.3) is 5.91 Å². The van der Waals surface area contributed by atoms with E-state index in [0.29, 0.717) is 38.0 Å². The summed E-state index contributed by atoms with van der Waals surface area (Å²) < 4.78 is 5.06. The molecule has 3 atom stereocenters. The van der Waals surface area contributed by atoms with E-state index in [4.69, 9.17) is 4.74 Å². The number of aromatic nitrogens is 1. The fraction of sp³-hybridized carbons (Fsp3) is 0.414. The molecule has 0 aliphatic carbocycles. The SMILES string of the molecule is COCCCNC(=O)[C@H](CC(C)C)NC(=O)[C@@H]1Cc2c([nH]c3ccccc23)C2c3ccccc3C(=O)N21. The van der Waals surface area contributed by atoms with Crippen molar-refractivity contribution in [2.24, 2.45) is 5.92 Å². The number of carbonyl (C=O) groups is 3. The predicted octanol–water partition coefficient (Wildman–Crippen LogP) is 3.32. The van der Waals surface area contributed by atoms with Crippen LogP contribution in [0.5, 0.6) is 0 Å². The smallest absolute Gasteiger partial charge is 0.255 e. The first-order chi connectivity index (χ1) is 17.9. The lowest BCUT2D eigenvalue weighted by Gasteiger charge is -2.37. The number of hydrogen-bond donors (Lipinski definition) is 3. The summed E-state index contributed by atoms with van der Waals surface area (Å²) in [6.45, 7) is 5.07. The van der Waals surface area contributed by atoms with Crippen LogP contribution in [0.4, 0.5) is 0 Å². The molecule has 37 heavy (non-hydrogen) atoms. The lowest BCUT2D eigenvalue weighted by Crippen LogP contribution is -2.56. The maximum Gasteiger partial charge on any atom is 0.255 e. The summed E-state index contributed by atoms with van der Waals surface area (Å²) in [5.74, 6) is -0.476. The molecule has 0 bridgehead atoms. The minimum absolute atomic E-state index is 0.158. The van der Waals surface area contributed by atoms with Gasteiger partial charge in [-0.1, -0.05) is 50.2 Å². The minimum Gasteiger partial charge on any atom is -0.385 e. The highest BCUT2D eigenvalue weighted by Gasteiger charge is 2.49. The number of nitrogens with one attached hydrogen (secondary N) is 3. The van der Waals surface area contributed by atoms with E-state index in [1.165, 1.54) is 0 Å². The van der Waals surface area contributed by atoms with Gasteiger partial charge in [-0.2, -0.15) is 0 Å². The van der Waals surface area contributed by atoms with Crippen LogP contribution in [0.1, 0.15) is 59.9 Å². The van der Waals surface area contributed by atoms with Crippen molar-refractivity contribution in [3.8, 4) is 0 Å². The fourth-order valence-corrected chi connectivity index (χ4v) is 5.66. The molecular formula is C29H34N4O4. The molecule has 1 aromatic heterocycles. The molecule has 0 radical (unpaired) electrons. The highest BCUT2D eigenvalue weighted by Crippen LogP contribution is 2.46. The summed E-state index contributed by atoms with van der Waals surface area (Å²) in [4.78, 5) is 45.7. The Labute approximate surface area is 216 Å². The molecule has 3 N–H and O–H groups in total. The number of rotatable bonds is 9. The molecule has 3 heterocycles. The maximum absolute atomic E-state index is 13.9. The van der Waals surface area contributed by atoms with Gasteiger partial charge >= 0.3 is 0 Å². The van der Waals surface area contributed by atoms with Crippen LogP contribution < -0.4 is 10.6 Å². The van der Waals surface area contributed by atoms with Crippen LogP contribution in [0.3, 0.4) is 0 Å². The number of benzene rings is 2. The average molecular weight is 503 g/mol. The van der Waals surface area contributed by atoms with Crippen molar-refractivity contribution in [2.75, 3.05) is 20.3 Å². The van der Waals surface area contributed by atoms with E-state index in [-0.39, 0.29) is 29.7 Å². The quantitative estimate of drug-likeness (QED) is 0.391. The summed E-state index contributed by atoms with van der Waals surface area (Å²) in [5.41, 5.74) is 4.50. The van der Waals surface area contributed by atoms with Gasteiger partial charge in [-0.15, -0.1) is 0 Å². The molecule has 194 valence electrons. The molecule has 0 spiro atoms. The Hall–Kier alpha value is -3.65. The number of amides is 3. The van der Waals surface area contributed by atoms with Crippen LogP contribution in [0.15, 0.2) is 48.5 Å². The molecule has 0 saturated carbocycles. The number of para-hydroxylation sites is 1. The Morgan fingerprint density at radius 2 is 1.89 bits per heavy atom. The average Bonchev–Trinajstić information content (AvgIpc) is 3.41. The lowest BCUT2D eigenvalue weighted by atomic mass is 9.89. The van der Waals surface area contributed by atoms with Gasteiger partial charge in [0.15, 0.2) is 0 Å². The maximum atomic E-state index is 13.9. The highest BCUT2D eigenvalue weighted by molar-refractivity contribution is 6.04. The van der Waals surface area contributed by atoms with Crippen LogP contribution in [-0.4, -0.2) is 60.0 Å². The Morgan fingerprint density at radius 1 is 1.14 bits per heavy atom. The number of carbonyl (C=O) groups excluding carboxylic acids is 3. The van der Waals surface area contributed by atoms with Crippen molar-refractivity contribution >= 4 is 28.6 Å². The van der Waals surface area contributed by atoms with Crippen molar-refractivity contribution in [3.05, 3.63) is 70.9 Å². The largest absolute Gasteiger partial charge is 0.385 e. The fourth-order valence-electron chi connectivity index (χ4n) is 5.66. The zero-order valence-electron chi connectivity index (χ0n) is 21.5. The molecule has 2 aromatic carbocycles. The summed E-state index contributed by atoms with van der Waals surface area (Å²) in [7, 11) is 1.62. The molecule has 5 rings (SSSR count). The van der Waals surface area contributed by atoms with Gasteiger partial charge in [-0.25, -0.2) is 0 Å². The van der Waals surface area contributed by atoms with E-state index in [0.717, 1.165) is 27.7 Å². The lowest BCUT2D eigenvalue weighted by molar-refractivity contribution is -0.132. The Morgan fingerprint density at radius 3 is 2.68 bits per heavy atom. The van der Waals surface area contributed by atoms with Crippen molar-refractivity contribution in [2.45, 2.75) is 51.2 Å². The number of nitrogens with zero attached hydrogens (tertiary/aromatic N) is 1. The predicted molar refractivity (Wildman–Crippen MR) is 141 cm³/mol. The first kappa shape index (κ1) is 25.0. The summed E-state index contributed by atoms with van der Waals surface area (Å²) in [6.07, 6.45) is 1.58. The second kappa shape index (κ2) is 10.4. The van der Waals surface area contributed by atoms with Crippen LogP contribution in [0.25, 0.3) is 10.9 Å². The molecular weight excluding hydrogens is 468 g/mol. The van der Waals surface area contributed by atoms with Crippen LogP contribution >= 0.6 is 0 Å². The van der Waals surface area contributed by atoms with Crippen molar-refractivity contribution in [3.63, 3.8) is 0 Å². The number of aromatic amines is 1. The number of ether oxygens (including phenoxy) is 1. The molecule has 3 amide bonds. The van der Waals surface area contributed by atoms with Gasteiger partial charge in [0.1, 0.15) is 12.1 Å². The van der Waals surface area contributed by atoms with Gasteiger partial charge in [-0.3, -0.25) is 14.4 Å². The second-order valence-electron chi connectivity index (χ2n) is 10.3. The van der Waals surface area contributed by atoms with Crippen LogP contribution in [0, 0.1) is 5.92 Å². The monoisotopic (exact) mass is 502 g/mol. The third-order valence-corrected chi connectivity index (χ3v) is 7.32. The summed E-state index contributed by atoms with van der Waals surface area (Å²) >= 11 is 0. The molecule has 0 saturated heterocycles. The van der Waals surface area contributed by atoms with E-state index in [9.17, 15) is 14.4 Å². The van der Waals surface area contributed by atoms with Crippen LogP contribution in [-0.2, 0) is 20.7 Å². The van der Waals surface area contributed by atoms with Gasteiger partial charge in [0, 0.05) is 48.8 Å². The molecule has 8 nitrogen and oxygen atoms in total. The number of methoxy groups -OCH3 is 1. The molecule has 3 aromatic rings. The number of fused-ring (bicyclic) bond motifs is 7. The first-order valence-electron chi connectivity index (χ1n) is 13.0. The van der Waals surface area contributed by atoms with E-state index in [1.807, 2.05) is 62.4 Å². The van der Waals surface area contributed by atoms with Crippen molar-refractivity contribution in [1.29, 1.82) is 0 Å². The zero-order chi connectivity index (χ0) is 26.1. The molecule has 8 heteroatoms. The topological polar surface area (TPSA) is 104 Å². The summed E-state index contributed by atoms with van der Waals surface area (Å²) in [5, 5.41) is 6.98. The second-order valence-corrected chi connectivity index (χ2v) is 10.3. The van der Waals surface area contributed by atoms with Crippen LogP contribution in [0.2, 0.25) is 0 Å². The normalized spacial score (nSPS) is 18.9. The summed E-state index contributed by atoms with van der Waals surface area (Å²) in [6, 6.07) is 13.8. The Bertz CT molecular complexity index is 1330. The van der Waals surface area contributed by atoms with Gasteiger partial charge in [0.2, 0.25) is 11.8 Å². The standard InChI is InChI=1S/C29H34N4O4/c1-17(2)15-23(27(34)30-13-8-14-37-3)32-28(35)24-16-21-18-9-6-7-12-22(18)31-25(21)26-19-10-4-5-11-20(19)29(36)33(24)26/h4-7,9-12,17,23-24,26,31H,8,13-16H2,1-3H3,(H,30,34)(H,32,35)/t23-,24-,26?/m0/s1. The zero-order valence-corrected chi connectivity index (χ0v) is 21.5. The highest BCUT2D eigenvalue weighted by atomic mass is 16.5. The van der Waals surface area contributed by atoms with E-state index in [2.05, 4.69) is 15.6 Å². The van der Waals surface area contributed by atoms with Gasteiger partial charge < -0.3 is 25.3 Å². The molecule has 0 fully saturated rings. The van der Waals surface area contributed by atoms with E-state index in [1.54, 1.807) is 12.0 Å². The first-order valence-corrected chi connectivity index (χ1v) is 13.0. The molecule has 2 aliphatic heterocycles. The van der Waals surface area contributed by atoms with Gasteiger partial charge in [0.05, 0.1) is 6.04 Å². The van der Waals surface area contributed by atoms with Gasteiger partial charge in [-0.05, 0) is 42.0 Å².